The largest absolute Gasteiger partial charge is 0.390 e. The van der Waals surface area contributed by atoms with E-state index in [0.717, 1.165) is 38.5 Å². The molecule has 1 heterocycles. The SMILES string of the molecule is O[C@H](CNCc1ccccc1C1CCC1)CN1CCc2ccccc2C1. The van der Waals surface area contributed by atoms with Crippen molar-refractivity contribution in [1.29, 1.82) is 0 Å². The lowest BCUT2D eigenvalue weighted by atomic mass is 9.78. The van der Waals surface area contributed by atoms with E-state index in [1.807, 2.05) is 0 Å². The van der Waals surface area contributed by atoms with Crippen molar-refractivity contribution >= 4 is 0 Å². The third-order valence-corrected chi connectivity index (χ3v) is 5.97. The Bertz CT molecular complexity index is 726. The van der Waals surface area contributed by atoms with Crippen LogP contribution in [0.15, 0.2) is 48.5 Å². The summed E-state index contributed by atoms with van der Waals surface area (Å²) in [6.45, 7) is 4.24. The van der Waals surface area contributed by atoms with Crippen molar-refractivity contribution in [1.82, 2.24) is 10.2 Å². The molecule has 3 nitrogen and oxygen atoms in total. The van der Waals surface area contributed by atoms with Gasteiger partial charge in [-0.2, -0.15) is 0 Å². The number of hydrogen-bond donors (Lipinski definition) is 2. The number of β-amino-alcohol motifs (C(OH)–C–C–N with tert-alkyl or cyclic N) is 1. The first kappa shape index (κ1) is 17.7. The second-order valence-corrected chi connectivity index (χ2v) is 7.87. The molecule has 4 rings (SSSR count). The van der Waals surface area contributed by atoms with Gasteiger partial charge in [0.05, 0.1) is 6.10 Å². The van der Waals surface area contributed by atoms with Crippen LogP contribution in [0.2, 0.25) is 0 Å². The van der Waals surface area contributed by atoms with Crippen LogP contribution >= 0.6 is 0 Å². The van der Waals surface area contributed by atoms with E-state index in [-0.39, 0.29) is 6.10 Å². The molecule has 0 unspecified atom stereocenters. The lowest BCUT2D eigenvalue weighted by Gasteiger charge is -2.30. The summed E-state index contributed by atoms with van der Waals surface area (Å²) in [7, 11) is 0. The fraction of sp³-hybridized carbons (Fsp3) is 0.478. The smallest absolute Gasteiger partial charge is 0.0791 e. The predicted molar refractivity (Wildman–Crippen MR) is 106 cm³/mol. The van der Waals surface area contributed by atoms with Gasteiger partial charge in [-0.15, -0.1) is 0 Å². The monoisotopic (exact) mass is 350 g/mol. The third-order valence-electron chi connectivity index (χ3n) is 5.97. The summed E-state index contributed by atoms with van der Waals surface area (Å²) in [4.78, 5) is 2.37. The summed E-state index contributed by atoms with van der Waals surface area (Å²) in [6, 6.07) is 17.5. The maximum Gasteiger partial charge on any atom is 0.0791 e. The van der Waals surface area contributed by atoms with Crippen LogP contribution in [0.5, 0.6) is 0 Å². The Balaban J connectivity index is 1.24. The molecule has 0 radical (unpaired) electrons. The molecule has 0 aromatic heterocycles. The van der Waals surface area contributed by atoms with Crippen LogP contribution in [0.3, 0.4) is 0 Å². The molecular formula is C23H30N2O. The molecule has 2 N–H and O–H groups in total. The molecule has 0 amide bonds. The zero-order valence-corrected chi connectivity index (χ0v) is 15.5. The molecule has 1 aliphatic carbocycles. The molecule has 0 bridgehead atoms. The van der Waals surface area contributed by atoms with E-state index in [0.29, 0.717) is 6.54 Å². The van der Waals surface area contributed by atoms with E-state index in [2.05, 4.69) is 58.7 Å². The van der Waals surface area contributed by atoms with Gasteiger partial charge in [-0.25, -0.2) is 0 Å². The summed E-state index contributed by atoms with van der Waals surface area (Å²) in [5.41, 5.74) is 5.78. The van der Waals surface area contributed by atoms with Gasteiger partial charge in [0, 0.05) is 32.7 Å². The number of nitrogens with one attached hydrogen (secondary N) is 1. The zero-order valence-electron chi connectivity index (χ0n) is 15.5. The summed E-state index contributed by atoms with van der Waals surface area (Å²) < 4.78 is 0. The Morgan fingerprint density at radius 3 is 2.62 bits per heavy atom. The van der Waals surface area contributed by atoms with Gasteiger partial charge in [0.15, 0.2) is 0 Å². The number of aliphatic hydroxyl groups excluding tert-OH is 1. The van der Waals surface area contributed by atoms with E-state index < -0.39 is 0 Å². The van der Waals surface area contributed by atoms with Gasteiger partial charge in [0.25, 0.3) is 0 Å². The molecule has 1 fully saturated rings. The molecule has 2 aliphatic rings. The molecule has 26 heavy (non-hydrogen) atoms. The summed E-state index contributed by atoms with van der Waals surface area (Å²) in [5.74, 6) is 0.756. The summed E-state index contributed by atoms with van der Waals surface area (Å²) in [5, 5.41) is 13.9. The van der Waals surface area contributed by atoms with Crippen molar-refractivity contribution in [2.24, 2.45) is 0 Å². The van der Waals surface area contributed by atoms with Crippen molar-refractivity contribution in [3.63, 3.8) is 0 Å². The lowest BCUT2D eigenvalue weighted by molar-refractivity contribution is 0.104. The van der Waals surface area contributed by atoms with Gasteiger partial charge in [0.1, 0.15) is 0 Å². The van der Waals surface area contributed by atoms with Crippen molar-refractivity contribution in [3.05, 3.63) is 70.8 Å². The van der Waals surface area contributed by atoms with Crippen LogP contribution in [-0.4, -0.2) is 35.7 Å². The highest BCUT2D eigenvalue weighted by Crippen LogP contribution is 2.37. The standard InChI is InChI=1S/C23H30N2O/c26-22(17-25-13-12-18-6-1-2-8-21(18)16-25)15-24-14-20-7-3-4-11-23(20)19-9-5-10-19/h1-4,6-8,11,19,22,24,26H,5,9-10,12-17H2/t22-/m1/s1. The number of rotatable bonds is 7. The molecule has 0 saturated heterocycles. The van der Waals surface area contributed by atoms with Gasteiger partial charge in [-0.1, -0.05) is 55.0 Å². The fourth-order valence-corrected chi connectivity index (χ4v) is 4.26. The second-order valence-electron chi connectivity index (χ2n) is 7.87. The van der Waals surface area contributed by atoms with Gasteiger partial charge < -0.3 is 10.4 Å². The van der Waals surface area contributed by atoms with E-state index in [1.165, 1.54) is 41.5 Å². The van der Waals surface area contributed by atoms with Gasteiger partial charge in [0.2, 0.25) is 0 Å². The highest BCUT2D eigenvalue weighted by Gasteiger charge is 2.22. The molecule has 138 valence electrons. The van der Waals surface area contributed by atoms with Gasteiger partial charge >= 0.3 is 0 Å². The van der Waals surface area contributed by atoms with Crippen LogP contribution in [0.1, 0.15) is 47.4 Å². The van der Waals surface area contributed by atoms with Crippen LogP contribution in [0.25, 0.3) is 0 Å². The second kappa shape index (κ2) is 8.34. The lowest BCUT2D eigenvalue weighted by Crippen LogP contribution is -2.40. The highest BCUT2D eigenvalue weighted by atomic mass is 16.3. The Morgan fingerprint density at radius 1 is 1.04 bits per heavy atom. The Kier molecular flexibility index (Phi) is 5.68. The average Bonchev–Trinajstić information content (AvgIpc) is 2.61. The maximum absolute atomic E-state index is 10.5. The predicted octanol–water partition coefficient (Wildman–Crippen LogP) is 3.46. The molecule has 1 aliphatic heterocycles. The first-order valence-corrected chi connectivity index (χ1v) is 10.1. The van der Waals surface area contributed by atoms with Crippen molar-refractivity contribution in [3.8, 4) is 0 Å². The number of aliphatic hydroxyl groups is 1. The van der Waals surface area contributed by atoms with Crippen molar-refractivity contribution in [2.45, 2.75) is 50.8 Å². The van der Waals surface area contributed by atoms with Crippen molar-refractivity contribution in [2.75, 3.05) is 19.6 Å². The fourth-order valence-electron chi connectivity index (χ4n) is 4.26. The van der Waals surface area contributed by atoms with E-state index in [4.69, 9.17) is 0 Å². The average molecular weight is 351 g/mol. The molecule has 3 heteroatoms. The molecule has 2 aromatic carbocycles. The molecular weight excluding hydrogens is 320 g/mol. The Morgan fingerprint density at radius 2 is 1.81 bits per heavy atom. The van der Waals surface area contributed by atoms with Crippen molar-refractivity contribution < 1.29 is 5.11 Å². The molecule has 1 saturated carbocycles. The number of fused-ring (bicyclic) bond motifs is 1. The van der Waals surface area contributed by atoms with Crippen LogP contribution < -0.4 is 5.32 Å². The van der Waals surface area contributed by atoms with E-state index >= 15 is 0 Å². The maximum atomic E-state index is 10.5. The zero-order chi connectivity index (χ0) is 17.8. The number of hydrogen-bond acceptors (Lipinski definition) is 3. The van der Waals surface area contributed by atoms with Crippen LogP contribution in [-0.2, 0) is 19.5 Å². The van der Waals surface area contributed by atoms with Crippen LogP contribution in [0.4, 0.5) is 0 Å². The van der Waals surface area contributed by atoms with Crippen LogP contribution in [0, 0.1) is 0 Å². The van der Waals surface area contributed by atoms with Gasteiger partial charge in [-0.3, -0.25) is 4.90 Å². The topological polar surface area (TPSA) is 35.5 Å². The first-order chi connectivity index (χ1) is 12.8. The molecule has 2 aromatic rings. The minimum atomic E-state index is -0.323. The minimum Gasteiger partial charge on any atom is -0.390 e. The number of nitrogens with zero attached hydrogens (tertiary/aromatic N) is 1. The molecule has 1 atom stereocenters. The summed E-state index contributed by atoms with van der Waals surface area (Å²) in [6.07, 6.45) is 4.79. The number of benzene rings is 2. The van der Waals surface area contributed by atoms with E-state index in [1.54, 1.807) is 0 Å². The third kappa shape index (κ3) is 4.17. The highest BCUT2D eigenvalue weighted by molar-refractivity contribution is 5.31. The summed E-state index contributed by atoms with van der Waals surface area (Å²) >= 11 is 0. The minimum absolute atomic E-state index is 0.323. The van der Waals surface area contributed by atoms with Gasteiger partial charge in [-0.05, 0) is 47.4 Å². The normalized spacial score (nSPS) is 19.0. The Labute approximate surface area is 157 Å². The quantitative estimate of drug-likeness (QED) is 0.803. The first-order valence-electron chi connectivity index (χ1n) is 10.1. The van der Waals surface area contributed by atoms with E-state index in [9.17, 15) is 5.11 Å². The molecule has 0 spiro atoms. The Hall–Kier alpha value is -1.68.